The van der Waals surface area contributed by atoms with Gasteiger partial charge in [0.25, 0.3) is 0 Å². The molecule has 0 bridgehead atoms. The number of aryl methyl sites for hydroxylation is 1. The zero-order chi connectivity index (χ0) is 18.9. The molecule has 0 atom stereocenters. The Morgan fingerprint density at radius 2 is 1.74 bits per heavy atom. The van der Waals surface area contributed by atoms with Gasteiger partial charge in [0.15, 0.2) is 0 Å². The van der Waals surface area contributed by atoms with E-state index < -0.39 is 0 Å². The average Bonchev–Trinajstić information content (AvgIpc) is 2.96. The van der Waals surface area contributed by atoms with Crippen LogP contribution in [0.2, 0.25) is 0 Å². The van der Waals surface area contributed by atoms with Crippen LogP contribution in [0.15, 0.2) is 24.3 Å². The minimum atomic E-state index is 0.279. The molecule has 0 unspecified atom stereocenters. The molecule has 2 fully saturated rings. The first-order chi connectivity index (χ1) is 13.2. The highest BCUT2D eigenvalue weighted by atomic mass is 16.5. The largest absolute Gasteiger partial charge is 0.381 e. The highest BCUT2D eigenvalue weighted by Gasteiger charge is 2.25. The van der Waals surface area contributed by atoms with Gasteiger partial charge in [0.1, 0.15) is 0 Å². The van der Waals surface area contributed by atoms with Crippen LogP contribution in [0, 0.1) is 6.92 Å². The van der Waals surface area contributed by atoms with Crippen LogP contribution in [0.25, 0.3) is 0 Å². The highest BCUT2D eigenvalue weighted by Crippen LogP contribution is 2.18. The molecule has 1 aromatic rings. The SMILES string of the molecule is Cc1ccc(CC(=O)N(CCCN2CCCCCC2)C2CCOCC2)cc1. The van der Waals surface area contributed by atoms with Crippen LogP contribution in [-0.2, 0) is 16.0 Å². The molecule has 0 aliphatic carbocycles. The third-order valence-electron chi connectivity index (χ3n) is 6.00. The standard InChI is InChI=1S/C23H36N2O2/c1-20-7-9-21(10-8-20)19-23(26)25(22-11-17-27-18-12-22)16-6-15-24-13-4-2-3-5-14-24/h7-10,22H,2-6,11-19H2,1H3. The number of carbonyl (C=O) groups excluding carboxylic acids is 1. The Balaban J connectivity index is 1.55. The smallest absolute Gasteiger partial charge is 0.227 e. The topological polar surface area (TPSA) is 32.8 Å². The first-order valence-electron chi connectivity index (χ1n) is 10.9. The van der Waals surface area contributed by atoms with Crippen molar-refractivity contribution in [2.24, 2.45) is 0 Å². The maximum atomic E-state index is 13.1. The lowest BCUT2D eigenvalue weighted by Crippen LogP contribution is -2.45. The fraction of sp³-hybridized carbons (Fsp3) is 0.696. The molecular formula is C23H36N2O2. The summed E-state index contributed by atoms with van der Waals surface area (Å²) < 4.78 is 5.53. The summed E-state index contributed by atoms with van der Waals surface area (Å²) in [5.41, 5.74) is 2.36. The molecule has 1 amide bonds. The van der Waals surface area contributed by atoms with Gasteiger partial charge in [-0.3, -0.25) is 4.79 Å². The zero-order valence-electron chi connectivity index (χ0n) is 17.0. The second kappa shape index (κ2) is 10.8. The van der Waals surface area contributed by atoms with Crippen molar-refractivity contribution in [1.82, 2.24) is 9.80 Å². The number of hydrogen-bond acceptors (Lipinski definition) is 3. The third-order valence-corrected chi connectivity index (χ3v) is 6.00. The summed E-state index contributed by atoms with van der Waals surface area (Å²) in [6.07, 6.45) is 8.95. The van der Waals surface area contributed by atoms with Gasteiger partial charge in [-0.1, -0.05) is 42.7 Å². The van der Waals surface area contributed by atoms with Crippen LogP contribution in [0.5, 0.6) is 0 Å². The maximum absolute atomic E-state index is 13.1. The molecule has 0 spiro atoms. The lowest BCUT2D eigenvalue weighted by atomic mass is 10.0. The quantitative estimate of drug-likeness (QED) is 0.730. The Bertz CT molecular complexity index is 558. The monoisotopic (exact) mass is 372 g/mol. The number of nitrogens with zero attached hydrogens (tertiary/aromatic N) is 2. The summed E-state index contributed by atoms with van der Waals surface area (Å²) in [6, 6.07) is 8.72. The first-order valence-corrected chi connectivity index (χ1v) is 10.9. The molecule has 0 N–H and O–H groups in total. The van der Waals surface area contributed by atoms with Gasteiger partial charge in [-0.2, -0.15) is 0 Å². The van der Waals surface area contributed by atoms with E-state index in [-0.39, 0.29) is 5.91 Å². The van der Waals surface area contributed by atoms with Gasteiger partial charge >= 0.3 is 0 Å². The van der Waals surface area contributed by atoms with Crippen molar-refractivity contribution in [2.45, 2.75) is 64.3 Å². The Morgan fingerprint density at radius 3 is 2.41 bits per heavy atom. The van der Waals surface area contributed by atoms with E-state index >= 15 is 0 Å². The molecule has 2 aliphatic heterocycles. The lowest BCUT2D eigenvalue weighted by molar-refractivity contribution is -0.134. The third kappa shape index (κ3) is 6.62. The van der Waals surface area contributed by atoms with E-state index in [1.165, 1.54) is 44.3 Å². The van der Waals surface area contributed by atoms with Crippen molar-refractivity contribution >= 4 is 5.91 Å². The van der Waals surface area contributed by atoms with Crippen molar-refractivity contribution in [1.29, 1.82) is 0 Å². The van der Waals surface area contributed by atoms with Gasteiger partial charge in [-0.05, 0) is 64.2 Å². The maximum Gasteiger partial charge on any atom is 0.227 e. The zero-order valence-corrected chi connectivity index (χ0v) is 17.0. The van der Waals surface area contributed by atoms with Crippen LogP contribution in [-0.4, -0.2) is 61.1 Å². The van der Waals surface area contributed by atoms with Gasteiger partial charge in [0.05, 0.1) is 6.42 Å². The molecule has 150 valence electrons. The van der Waals surface area contributed by atoms with Crippen LogP contribution in [0.1, 0.15) is 56.1 Å². The molecule has 4 heteroatoms. The van der Waals surface area contributed by atoms with E-state index in [9.17, 15) is 4.79 Å². The predicted molar refractivity (Wildman–Crippen MR) is 110 cm³/mol. The van der Waals surface area contributed by atoms with Crippen molar-refractivity contribution in [3.05, 3.63) is 35.4 Å². The predicted octanol–water partition coefficient (Wildman–Crippen LogP) is 3.81. The Morgan fingerprint density at radius 1 is 1.07 bits per heavy atom. The van der Waals surface area contributed by atoms with Gasteiger partial charge in [0.2, 0.25) is 5.91 Å². The molecule has 2 heterocycles. The minimum Gasteiger partial charge on any atom is -0.381 e. The van der Waals surface area contributed by atoms with Crippen molar-refractivity contribution in [3.63, 3.8) is 0 Å². The number of amides is 1. The summed E-state index contributed by atoms with van der Waals surface area (Å²) >= 11 is 0. The Labute approximate surface area is 164 Å². The molecule has 0 aromatic heterocycles. The molecule has 2 saturated heterocycles. The average molecular weight is 373 g/mol. The van der Waals surface area contributed by atoms with Crippen LogP contribution >= 0.6 is 0 Å². The van der Waals surface area contributed by atoms with E-state index in [4.69, 9.17) is 4.74 Å². The van der Waals surface area contributed by atoms with Crippen LogP contribution in [0.4, 0.5) is 0 Å². The molecule has 27 heavy (non-hydrogen) atoms. The van der Waals surface area contributed by atoms with Crippen LogP contribution < -0.4 is 0 Å². The van der Waals surface area contributed by atoms with E-state index in [2.05, 4.69) is 41.0 Å². The number of benzene rings is 1. The summed E-state index contributed by atoms with van der Waals surface area (Å²) in [7, 11) is 0. The Kier molecular flexibility index (Phi) is 8.15. The lowest BCUT2D eigenvalue weighted by Gasteiger charge is -2.35. The molecule has 3 rings (SSSR count). The molecule has 0 saturated carbocycles. The fourth-order valence-corrected chi connectivity index (χ4v) is 4.31. The number of hydrogen-bond donors (Lipinski definition) is 0. The van der Waals surface area contributed by atoms with Crippen molar-refractivity contribution < 1.29 is 9.53 Å². The van der Waals surface area contributed by atoms with Crippen LogP contribution in [0.3, 0.4) is 0 Å². The molecule has 4 nitrogen and oxygen atoms in total. The van der Waals surface area contributed by atoms with Gasteiger partial charge in [-0.25, -0.2) is 0 Å². The number of likely N-dealkylation sites (tertiary alicyclic amines) is 1. The minimum absolute atomic E-state index is 0.279. The molecule has 2 aliphatic rings. The van der Waals surface area contributed by atoms with Crippen molar-refractivity contribution in [3.8, 4) is 0 Å². The fourth-order valence-electron chi connectivity index (χ4n) is 4.31. The Hall–Kier alpha value is -1.39. The second-order valence-electron chi connectivity index (χ2n) is 8.20. The number of carbonyl (C=O) groups is 1. The van der Waals surface area contributed by atoms with Gasteiger partial charge in [0, 0.05) is 25.8 Å². The van der Waals surface area contributed by atoms with Crippen molar-refractivity contribution in [2.75, 3.05) is 39.4 Å². The first kappa shape index (κ1) is 20.3. The summed E-state index contributed by atoms with van der Waals surface area (Å²) in [6.45, 7) is 8.12. The molecule has 1 aromatic carbocycles. The van der Waals surface area contributed by atoms with Gasteiger partial charge in [-0.15, -0.1) is 0 Å². The summed E-state index contributed by atoms with van der Waals surface area (Å²) in [5, 5.41) is 0. The molecule has 0 radical (unpaired) electrons. The molecular weight excluding hydrogens is 336 g/mol. The summed E-state index contributed by atoms with van der Waals surface area (Å²) in [4.78, 5) is 17.9. The highest BCUT2D eigenvalue weighted by molar-refractivity contribution is 5.79. The normalized spacial score (nSPS) is 19.6. The van der Waals surface area contributed by atoms with E-state index in [1.807, 2.05) is 0 Å². The number of ether oxygens (including phenoxy) is 1. The summed E-state index contributed by atoms with van der Waals surface area (Å²) in [5.74, 6) is 0.279. The van der Waals surface area contributed by atoms with E-state index in [0.29, 0.717) is 12.5 Å². The van der Waals surface area contributed by atoms with Gasteiger partial charge < -0.3 is 14.5 Å². The second-order valence-corrected chi connectivity index (χ2v) is 8.20. The van der Waals surface area contributed by atoms with E-state index in [1.54, 1.807) is 0 Å². The number of rotatable bonds is 7. The van der Waals surface area contributed by atoms with E-state index in [0.717, 1.165) is 51.1 Å².